The van der Waals surface area contributed by atoms with E-state index in [2.05, 4.69) is 10.3 Å². The van der Waals surface area contributed by atoms with E-state index in [1.807, 2.05) is 6.92 Å². The molecule has 3 N–H and O–H groups in total. The molecule has 1 aromatic rings. The fourth-order valence-electron chi connectivity index (χ4n) is 2.48. The zero-order valence-electron chi connectivity index (χ0n) is 10.2. The molecule has 0 aliphatic heterocycles. The van der Waals surface area contributed by atoms with E-state index in [1.54, 1.807) is 17.0 Å². The van der Waals surface area contributed by atoms with Crippen molar-refractivity contribution in [3.8, 4) is 0 Å². The van der Waals surface area contributed by atoms with E-state index in [9.17, 15) is 4.79 Å². The van der Waals surface area contributed by atoms with Crippen LogP contribution in [0.5, 0.6) is 0 Å². The van der Waals surface area contributed by atoms with Crippen molar-refractivity contribution in [1.82, 2.24) is 9.55 Å². The molecular formula is C12H20N4O. The Hall–Kier alpha value is -1.36. The van der Waals surface area contributed by atoms with Gasteiger partial charge < -0.3 is 15.6 Å². The minimum absolute atomic E-state index is 0.0438. The van der Waals surface area contributed by atoms with Gasteiger partial charge in [-0.3, -0.25) is 4.79 Å². The zero-order valence-corrected chi connectivity index (χ0v) is 10.2. The molecule has 2 atom stereocenters. The number of aryl methyl sites for hydroxylation is 1. The summed E-state index contributed by atoms with van der Waals surface area (Å²) in [6.07, 6.45) is 6.77. The van der Waals surface area contributed by atoms with Gasteiger partial charge in [-0.05, 0) is 32.2 Å². The van der Waals surface area contributed by atoms with Crippen LogP contribution in [-0.2, 0) is 6.54 Å². The number of hydrogen-bond acceptors (Lipinski definition) is 4. The second kappa shape index (κ2) is 5.31. The van der Waals surface area contributed by atoms with Crippen LogP contribution in [0.15, 0.2) is 17.2 Å². The SMILES string of the molecule is CCn1ccnc(NC2CCCC2CN)c1=O. The molecule has 5 heteroatoms. The summed E-state index contributed by atoms with van der Waals surface area (Å²) in [5, 5.41) is 3.26. The topological polar surface area (TPSA) is 72.9 Å². The largest absolute Gasteiger partial charge is 0.362 e. The first-order valence-corrected chi connectivity index (χ1v) is 6.28. The van der Waals surface area contributed by atoms with Crippen LogP contribution in [-0.4, -0.2) is 22.1 Å². The molecule has 0 spiro atoms. The maximum Gasteiger partial charge on any atom is 0.293 e. The number of nitrogens with zero attached hydrogens (tertiary/aromatic N) is 2. The molecule has 0 aromatic carbocycles. The van der Waals surface area contributed by atoms with Crippen molar-refractivity contribution in [2.24, 2.45) is 11.7 Å². The van der Waals surface area contributed by atoms with Crippen molar-refractivity contribution < 1.29 is 0 Å². The van der Waals surface area contributed by atoms with Gasteiger partial charge in [0.2, 0.25) is 0 Å². The van der Waals surface area contributed by atoms with Gasteiger partial charge in [-0.15, -0.1) is 0 Å². The lowest BCUT2D eigenvalue weighted by Crippen LogP contribution is -2.33. The Balaban J connectivity index is 2.16. The molecule has 2 unspecified atom stereocenters. The maximum absolute atomic E-state index is 12.0. The highest BCUT2D eigenvalue weighted by atomic mass is 16.1. The van der Waals surface area contributed by atoms with E-state index < -0.39 is 0 Å². The fourth-order valence-corrected chi connectivity index (χ4v) is 2.48. The van der Waals surface area contributed by atoms with E-state index >= 15 is 0 Å². The summed E-state index contributed by atoms with van der Waals surface area (Å²) in [4.78, 5) is 16.1. The van der Waals surface area contributed by atoms with Gasteiger partial charge in [0.15, 0.2) is 5.82 Å². The minimum Gasteiger partial charge on any atom is -0.362 e. The highest BCUT2D eigenvalue weighted by molar-refractivity contribution is 5.33. The quantitative estimate of drug-likeness (QED) is 0.811. The lowest BCUT2D eigenvalue weighted by atomic mass is 10.0. The van der Waals surface area contributed by atoms with Crippen molar-refractivity contribution in [1.29, 1.82) is 0 Å². The lowest BCUT2D eigenvalue weighted by molar-refractivity contribution is 0.514. The van der Waals surface area contributed by atoms with Gasteiger partial charge in [-0.25, -0.2) is 4.98 Å². The van der Waals surface area contributed by atoms with Crippen LogP contribution in [0.1, 0.15) is 26.2 Å². The number of anilines is 1. The Morgan fingerprint density at radius 3 is 3.12 bits per heavy atom. The smallest absolute Gasteiger partial charge is 0.293 e. The third kappa shape index (κ3) is 2.49. The van der Waals surface area contributed by atoms with Crippen molar-refractivity contribution in [2.45, 2.75) is 38.8 Å². The molecule has 0 saturated heterocycles. The number of nitrogens with one attached hydrogen (secondary N) is 1. The molecule has 0 bridgehead atoms. The van der Waals surface area contributed by atoms with Crippen LogP contribution in [0, 0.1) is 5.92 Å². The Bertz CT molecular complexity index is 429. The van der Waals surface area contributed by atoms with Gasteiger partial charge in [0.1, 0.15) is 0 Å². The molecule has 17 heavy (non-hydrogen) atoms. The van der Waals surface area contributed by atoms with Gasteiger partial charge in [0.05, 0.1) is 0 Å². The van der Waals surface area contributed by atoms with E-state index in [0.717, 1.165) is 12.8 Å². The predicted octanol–water partition coefficient (Wildman–Crippen LogP) is 0.802. The molecule has 94 valence electrons. The first-order chi connectivity index (χ1) is 8.26. The molecule has 2 rings (SSSR count). The van der Waals surface area contributed by atoms with Crippen LogP contribution >= 0.6 is 0 Å². The van der Waals surface area contributed by atoms with Crippen molar-refractivity contribution in [3.05, 3.63) is 22.7 Å². The molecule has 0 amide bonds. The van der Waals surface area contributed by atoms with Gasteiger partial charge in [-0.1, -0.05) is 6.42 Å². The van der Waals surface area contributed by atoms with Crippen LogP contribution in [0.25, 0.3) is 0 Å². The fraction of sp³-hybridized carbons (Fsp3) is 0.667. The zero-order chi connectivity index (χ0) is 12.3. The third-order valence-corrected chi connectivity index (χ3v) is 3.54. The maximum atomic E-state index is 12.0. The van der Waals surface area contributed by atoms with Gasteiger partial charge in [0, 0.05) is 25.0 Å². The van der Waals surface area contributed by atoms with Gasteiger partial charge in [0.25, 0.3) is 5.56 Å². The molecule has 1 fully saturated rings. The second-order valence-corrected chi connectivity index (χ2v) is 4.54. The van der Waals surface area contributed by atoms with Gasteiger partial charge in [-0.2, -0.15) is 0 Å². The van der Waals surface area contributed by atoms with Crippen LogP contribution in [0.4, 0.5) is 5.82 Å². The van der Waals surface area contributed by atoms with Crippen molar-refractivity contribution in [3.63, 3.8) is 0 Å². The molecule has 0 radical (unpaired) electrons. The molecule has 5 nitrogen and oxygen atoms in total. The summed E-state index contributed by atoms with van der Waals surface area (Å²) in [7, 11) is 0. The molecule has 1 aliphatic rings. The highest BCUT2D eigenvalue weighted by Gasteiger charge is 2.26. The van der Waals surface area contributed by atoms with Crippen molar-refractivity contribution >= 4 is 5.82 Å². The standard InChI is InChI=1S/C12H20N4O/c1-2-16-7-6-14-11(12(16)17)15-10-5-3-4-9(10)8-13/h6-7,9-10H,2-5,8,13H2,1H3,(H,14,15). The predicted molar refractivity (Wildman–Crippen MR) is 68.0 cm³/mol. The molecule has 1 saturated carbocycles. The molecular weight excluding hydrogens is 216 g/mol. The number of hydrogen-bond donors (Lipinski definition) is 2. The molecule has 1 aliphatic carbocycles. The second-order valence-electron chi connectivity index (χ2n) is 4.54. The Labute approximate surface area is 101 Å². The minimum atomic E-state index is -0.0438. The van der Waals surface area contributed by atoms with E-state index in [1.165, 1.54) is 6.42 Å². The Morgan fingerprint density at radius 2 is 2.41 bits per heavy atom. The lowest BCUT2D eigenvalue weighted by Gasteiger charge is -2.19. The monoisotopic (exact) mass is 236 g/mol. The van der Waals surface area contributed by atoms with E-state index in [0.29, 0.717) is 30.9 Å². The average Bonchev–Trinajstić information content (AvgIpc) is 2.79. The normalized spacial score (nSPS) is 23.9. The summed E-state index contributed by atoms with van der Waals surface area (Å²) in [6.45, 7) is 3.29. The number of rotatable bonds is 4. The first kappa shape index (κ1) is 12.1. The summed E-state index contributed by atoms with van der Waals surface area (Å²) < 4.78 is 1.65. The third-order valence-electron chi connectivity index (χ3n) is 3.54. The molecule has 1 heterocycles. The highest BCUT2D eigenvalue weighted by Crippen LogP contribution is 2.26. The number of aromatic nitrogens is 2. The summed E-state index contributed by atoms with van der Waals surface area (Å²) in [5.74, 6) is 0.922. The van der Waals surface area contributed by atoms with Gasteiger partial charge >= 0.3 is 0 Å². The van der Waals surface area contributed by atoms with E-state index in [-0.39, 0.29) is 5.56 Å². The summed E-state index contributed by atoms with van der Waals surface area (Å²) >= 11 is 0. The van der Waals surface area contributed by atoms with Crippen LogP contribution < -0.4 is 16.6 Å². The Morgan fingerprint density at radius 1 is 1.59 bits per heavy atom. The average molecular weight is 236 g/mol. The van der Waals surface area contributed by atoms with E-state index in [4.69, 9.17) is 5.73 Å². The first-order valence-electron chi connectivity index (χ1n) is 6.28. The number of nitrogens with two attached hydrogens (primary N) is 1. The Kier molecular flexibility index (Phi) is 3.78. The van der Waals surface area contributed by atoms with Crippen LogP contribution in [0.3, 0.4) is 0 Å². The summed E-state index contributed by atoms with van der Waals surface area (Å²) in [5.41, 5.74) is 5.68. The molecule has 1 aromatic heterocycles. The summed E-state index contributed by atoms with van der Waals surface area (Å²) in [6, 6.07) is 0.299. The van der Waals surface area contributed by atoms with Crippen molar-refractivity contribution in [2.75, 3.05) is 11.9 Å². The van der Waals surface area contributed by atoms with Crippen LogP contribution in [0.2, 0.25) is 0 Å².